The first-order chi connectivity index (χ1) is 20.0. The number of carbonyl (C=O) groups is 1. The Kier molecular flexibility index (Phi) is 5.89. The van der Waals surface area contributed by atoms with Crippen LogP contribution in [-0.2, 0) is 4.74 Å². The summed E-state index contributed by atoms with van der Waals surface area (Å²) in [6, 6.07) is 30.8. The molecule has 0 saturated carbocycles. The molecule has 0 fully saturated rings. The molecule has 2 heterocycles. The van der Waals surface area contributed by atoms with Gasteiger partial charge in [0.2, 0.25) is 0 Å². The highest BCUT2D eigenvalue weighted by Gasteiger charge is 2.33. The van der Waals surface area contributed by atoms with E-state index in [1.54, 1.807) is 6.07 Å². The summed E-state index contributed by atoms with van der Waals surface area (Å²) in [5.74, 6) is 0.859. The third-order valence-electron chi connectivity index (χ3n) is 8.42. The largest absolute Gasteiger partial charge is 0.465 e. The maximum Gasteiger partial charge on any atom is 0.351 e. The molecular weight excluding hydrogens is 512 g/mol. The van der Waals surface area contributed by atoms with Crippen LogP contribution in [0.2, 0.25) is 0 Å². The minimum Gasteiger partial charge on any atom is -0.465 e. The molecule has 5 nitrogen and oxygen atoms in total. The zero-order chi connectivity index (χ0) is 28.2. The average molecular weight is 541 g/mol. The number of fused-ring (bicyclic) bond motifs is 7. The van der Waals surface area contributed by atoms with Gasteiger partial charge >= 0.3 is 11.6 Å². The number of ether oxygens (including phenoxy) is 2. The number of methoxy groups -OCH3 is 1. The maximum absolute atomic E-state index is 12.8. The van der Waals surface area contributed by atoms with E-state index in [9.17, 15) is 9.59 Å². The summed E-state index contributed by atoms with van der Waals surface area (Å²) in [6.45, 7) is 4.24. The van der Waals surface area contributed by atoms with Crippen molar-refractivity contribution in [2.24, 2.45) is 0 Å². The molecule has 41 heavy (non-hydrogen) atoms. The van der Waals surface area contributed by atoms with Crippen LogP contribution in [0.1, 0.15) is 64.7 Å². The summed E-state index contributed by atoms with van der Waals surface area (Å²) < 4.78 is 17.3. The molecule has 202 valence electrons. The topological polar surface area (TPSA) is 65.7 Å². The minimum atomic E-state index is -0.713. The predicted molar refractivity (Wildman–Crippen MR) is 161 cm³/mol. The molecule has 5 aromatic carbocycles. The standard InChI is InChI=1S/C36H28O5/c1-4-20(2)27-18-23(17-24-19-28(35(37)39-3)36(38)41-34(24)27)31-32-25-11-7-5-9-21(25)13-15-29(32)40-30-16-14-22-10-6-8-12-26(22)33(30)31/h5-20,31H,4H2,1-3H3. The number of hydrogen-bond acceptors (Lipinski definition) is 5. The average Bonchev–Trinajstić information content (AvgIpc) is 3.02. The summed E-state index contributed by atoms with van der Waals surface area (Å²) in [5.41, 5.74) is 3.85. The molecule has 0 N–H and O–H groups in total. The van der Waals surface area contributed by atoms with Crippen LogP contribution in [0.4, 0.5) is 0 Å². The second-order valence-electron chi connectivity index (χ2n) is 10.7. The van der Waals surface area contributed by atoms with Gasteiger partial charge in [0.05, 0.1) is 7.11 Å². The number of hydrogen-bond donors (Lipinski definition) is 0. The summed E-state index contributed by atoms with van der Waals surface area (Å²) in [5, 5.41) is 5.19. The van der Waals surface area contributed by atoms with Crippen LogP contribution < -0.4 is 10.4 Å². The van der Waals surface area contributed by atoms with Crippen LogP contribution in [-0.4, -0.2) is 13.1 Å². The Morgan fingerprint density at radius 1 is 0.829 bits per heavy atom. The van der Waals surface area contributed by atoms with Gasteiger partial charge < -0.3 is 13.9 Å². The zero-order valence-electron chi connectivity index (χ0n) is 23.1. The predicted octanol–water partition coefficient (Wildman–Crippen LogP) is 8.69. The lowest BCUT2D eigenvalue weighted by molar-refractivity contribution is 0.0596. The van der Waals surface area contributed by atoms with Gasteiger partial charge in [0.15, 0.2) is 0 Å². The molecule has 0 saturated heterocycles. The molecule has 1 aliphatic rings. The third kappa shape index (κ3) is 3.92. The van der Waals surface area contributed by atoms with Crippen molar-refractivity contribution in [3.63, 3.8) is 0 Å². The molecule has 1 aliphatic heterocycles. The van der Waals surface area contributed by atoms with Crippen LogP contribution >= 0.6 is 0 Å². The molecule has 1 atom stereocenters. The molecule has 0 aliphatic carbocycles. The fourth-order valence-corrected chi connectivity index (χ4v) is 6.21. The molecule has 1 aromatic heterocycles. The Labute approximate surface area is 236 Å². The maximum atomic E-state index is 12.8. The van der Waals surface area contributed by atoms with E-state index in [0.717, 1.165) is 61.7 Å². The third-order valence-corrected chi connectivity index (χ3v) is 8.42. The molecule has 0 bridgehead atoms. The van der Waals surface area contributed by atoms with Crippen molar-refractivity contribution in [2.45, 2.75) is 32.1 Å². The van der Waals surface area contributed by atoms with Gasteiger partial charge in [-0.25, -0.2) is 9.59 Å². The second kappa shape index (κ2) is 9.63. The lowest BCUT2D eigenvalue weighted by atomic mass is 9.77. The number of esters is 1. The Bertz CT molecular complexity index is 1980. The molecule has 0 amide bonds. The Morgan fingerprint density at radius 2 is 1.44 bits per heavy atom. The summed E-state index contributed by atoms with van der Waals surface area (Å²) in [7, 11) is 1.26. The van der Waals surface area contributed by atoms with Gasteiger partial charge in [-0.3, -0.25) is 0 Å². The van der Waals surface area contributed by atoms with E-state index in [-0.39, 0.29) is 17.4 Å². The summed E-state index contributed by atoms with van der Waals surface area (Å²) in [4.78, 5) is 25.3. The quantitative estimate of drug-likeness (QED) is 0.165. The van der Waals surface area contributed by atoms with Crippen molar-refractivity contribution in [1.29, 1.82) is 0 Å². The molecule has 7 rings (SSSR count). The van der Waals surface area contributed by atoms with Gasteiger partial charge in [0.25, 0.3) is 0 Å². The normalized spacial score (nSPS) is 13.5. The molecule has 5 heteroatoms. The highest BCUT2D eigenvalue weighted by atomic mass is 16.5. The molecule has 1 unspecified atom stereocenters. The lowest BCUT2D eigenvalue weighted by Crippen LogP contribution is -2.16. The number of rotatable bonds is 4. The monoisotopic (exact) mass is 540 g/mol. The van der Waals surface area contributed by atoms with Gasteiger partial charge in [0.1, 0.15) is 22.6 Å². The molecular formula is C36H28O5. The van der Waals surface area contributed by atoms with Crippen molar-refractivity contribution in [2.75, 3.05) is 7.11 Å². The van der Waals surface area contributed by atoms with Crippen LogP contribution in [0.3, 0.4) is 0 Å². The van der Waals surface area contributed by atoms with Crippen molar-refractivity contribution in [3.8, 4) is 11.5 Å². The van der Waals surface area contributed by atoms with E-state index in [1.165, 1.54) is 7.11 Å². The van der Waals surface area contributed by atoms with E-state index in [2.05, 4.69) is 68.4 Å². The van der Waals surface area contributed by atoms with Gasteiger partial charge in [-0.2, -0.15) is 0 Å². The molecule has 0 spiro atoms. The summed E-state index contributed by atoms with van der Waals surface area (Å²) >= 11 is 0. The Hall–Kier alpha value is -4.90. The van der Waals surface area contributed by atoms with Crippen molar-refractivity contribution < 1.29 is 18.7 Å². The van der Waals surface area contributed by atoms with E-state index in [4.69, 9.17) is 13.9 Å². The van der Waals surface area contributed by atoms with E-state index in [1.807, 2.05) is 30.3 Å². The highest BCUT2D eigenvalue weighted by molar-refractivity contribution is 5.97. The second-order valence-corrected chi connectivity index (χ2v) is 10.7. The van der Waals surface area contributed by atoms with E-state index >= 15 is 0 Å². The SMILES string of the molecule is CCC(C)c1cc(C2c3c(ccc4ccccc34)Oc3ccc4ccccc4c32)cc2cc(C(=O)OC)c(=O)oc12. The number of benzene rings is 5. The Morgan fingerprint density at radius 3 is 2.02 bits per heavy atom. The van der Waals surface area contributed by atoms with E-state index < -0.39 is 11.6 Å². The van der Waals surface area contributed by atoms with E-state index in [0.29, 0.717) is 11.0 Å². The smallest absolute Gasteiger partial charge is 0.351 e. The van der Waals surface area contributed by atoms with Gasteiger partial charge in [-0.05, 0) is 69.3 Å². The van der Waals surface area contributed by atoms with Crippen molar-refractivity contribution in [1.82, 2.24) is 0 Å². The lowest BCUT2D eigenvalue weighted by Gasteiger charge is -2.32. The first-order valence-electron chi connectivity index (χ1n) is 13.9. The van der Waals surface area contributed by atoms with Crippen LogP contribution in [0, 0.1) is 0 Å². The van der Waals surface area contributed by atoms with Gasteiger partial charge in [-0.1, -0.05) is 80.6 Å². The van der Waals surface area contributed by atoms with Crippen molar-refractivity contribution >= 4 is 38.5 Å². The minimum absolute atomic E-state index is 0.114. The highest BCUT2D eigenvalue weighted by Crippen LogP contribution is 2.52. The summed E-state index contributed by atoms with van der Waals surface area (Å²) in [6.07, 6.45) is 0.855. The Balaban J connectivity index is 1.61. The van der Waals surface area contributed by atoms with Crippen LogP contribution in [0.25, 0.3) is 32.5 Å². The van der Waals surface area contributed by atoms with Crippen LogP contribution in [0.5, 0.6) is 11.5 Å². The number of carbonyl (C=O) groups excluding carboxylic acids is 1. The van der Waals surface area contributed by atoms with Gasteiger partial charge in [-0.15, -0.1) is 0 Å². The first kappa shape index (κ1) is 25.1. The van der Waals surface area contributed by atoms with Gasteiger partial charge in [0, 0.05) is 22.4 Å². The van der Waals surface area contributed by atoms with Crippen LogP contribution in [0.15, 0.2) is 100 Å². The fraction of sp³-hybridized carbons (Fsp3) is 0.167. The fourth-order valence-electron chi connectivity index (χ4n) is 6.21. The molecule has 0 radical (unpaired) electrons. The molecule has 6 aromatic rings. The van der Waals surface area contributed by atoms with Crippen molar-refractivity contribution in [3.05, 3.63) is 129 Å². The first-order valence-corrected chi connectivity index (χ1v) is 13.9. The zero-order valence-corrected chi connectivity index (χ0v) is 23.1.